The van der Waals surface area contributed by atoms with E-state index in [0.29, 0.717) is 35.6 Å². The zero-order chi connectivity index (χ0) is 40.3. The van der Waals surface area contributed by atoms with E-state index in [1.54, 1.807) is 6.20 Å². The highest BCUT2D eigenvalue weighted by molar-refractivity contribution is 7.92. The third kappa shape index (κ3) is 10.6. The number of fused-ring (bicyclic) bond motifs is 1. The van der Waals surface area contributed by atoms with Crippen molar-refractivity contribution in [2.45, 2.75) is 111 Å². The van der Waals surface area contributed by atoms with Crippen LogP contribution in [0.5, 0.6) is 5.88 Å². The predicted octanol–water partition coefficient (Wildman–Crippen LogP) is 7.99. The third-order valence-corrected chi connectivity index (χ3v) is 10.1. The lowest BCUT2D eigenvalue weighted by molar-refractivity contribution is 0.0659. The van der Waals surface area contributed by atoms with Crippen LogP contribution in [0.1, 0.15) is 100 Å². The molecule has 2 aromatic carbocycles. The van der Waals surface area contributed by atoms with Gasteiger partial charge in [-0.05, 0) is 68.9 Å². The molecule has 55 heavy (non-hydrogen) atoms. The SMILES string of the molecule is Cc1cccc(COC(C)C)c1-c1nc(NS(=O)(=O)c2cccc(C(=O)O)c2)nc(OCC(CC(C)(C)C)NCc2cnc3oc(C(C)(C)C)cc3n2)c1C. The number of nitrogens with one attached hydrogen (secondary N) is 2. The first-order chi connectivity index (χ1) is 25.7. The fraction of sp³-hybridized carbons (Fsp3) is 0.439. The first kappa shape index (κ1) is 41.2. The highest BCUT2D eigenvalue weighted by atomic mass is 32.2. The van der Waals surface area contributed by atoms with Gasteiger partial charge < -0.3 is 24.3 Å². The lowest BCUT2D eigenvalue weighted by Crippen LogP contribution is -2.38. The number of sulfonamides is 1. The monoisotopic (exact) mass is 772 g/mol. The molecule has 294 valence electrons. The van der Waals surface area contributed by atoms with E-state index in [0.717, 1.165) is 40.6 Å². The molecule has 3 aromatic heterocycles. The minimum absolute atomic E-state index is 0.0246. The summed E-state index contributed by atoms with van der Waals surface area (Å²) in [6, 6.07) is 12.7. The standard InChI is InChI=1S/C41H52N6O7S/c1-24(2)52-22-28-15-11-13-25(3)34(28)35-26(4)36(46-39(45-35)47-55(50,51)31-16-12-14-27(17-31)38(48)49)53-23-29(19-40(5,6)7)42-20-30-21-43-37-32(44-30)18-33(54-37)41(8,9)10/h11-18,21,24,29,42H,19-20,22-23H2,1-10H3,(H,48,49)(H,45,46,47). The van der Waals surface area contributed by atoms with Crippen LogP contribution < -0.4 is 14.8 Å². The minimum atomic E-state index is -4.31. The normalized spacial score (nSPS) is 13.0. The maximum Gasteiger partial charge on any atom is 0.335 e. The number of ether oxygens (including phenoxy) is 2. The summed E-state index contributed by atoms with van der Waals surface area (Å²) >= 11 is 0. The van der Waals surface area contributed by atoms with Gasteiger partial charge in [-0.25, -0.2) is 32.9 Å². The molecule has 5 aromatic rings. The molecule has 3 heterocycles. The Hall–Kier alpha value is -4.92. The molecule has 14 heteroatoms. The minimum Gasteiger partial charge on any atom is -0.478 e. The van der Waals surface area contributed by atoms with Crippen LogP contribution in [-0.2, 0) is 33.3 Å². The van der Waals surface area contributed by atoms with Gasteiger partial charge >= 0.3 is 5.97 Å². The lowest BCUT2D eigenvalue weighted by Gasteiger charge is -2.27. The molecule has 0 spiro atoms. The molecule has 0 aliphatic carbocycles. The van der Waals surface area contributed by atoms with Crippen LogP contribution >= 0.6 is 0 Å². The number of aryl methyl sites for hydroxylation is 1. The van der Waals surface area contributed by atoms with Crippen LogP contribution in [0, 0.1) is 19.3 Å². The molecule has 0 aliphatic heterocycles. The van der Waals surface area contributed by atoms with Crippen LogP contribution in [0.25, 0.3) is 22.5 Å². The van der Waals surface area contributed by atoms with Gasteiger partial charge in [0.05, 0.1) is 40.8 Å². The number of anilines is 1. The largest absolute Gasteiger partial charge is 0.478 e. The number of hydrogen-bond donors (Lipinski definition) is 3. The molecule has 0 amide bonds. The molecule has 3 N–H and O–H groups in total. The molecule has 0 radical (unpaired) electrons. The molecule has 0 fully saturated rings. The molecule has 13 nitrogen and oxygen atoms in total. The van der Waals surface area contributed by atoms with E-state index < -0.39 is 16.0 Å². The van der Waals surface area contributed by atoms with Crippen molar-refractivity contribution in [1.29, 1.82) is 0 Å². The Labute approximate surface area is 323 Å². The Morgan fingerprint density at radius 1 is 0.982 bits per heavy atom. The van der Waals surface area contributed by atoms with Crippen molar-refractivity contribution < 1.29 is 32.2 Å². The van der Waals surface area contributed by atoms with Crippen molar-refractivity contribution in [3.8, 4) is 17.1 Å². The van der Waals surface area contributed by atoms with Crippen LogP contribution in [0.2, 0.25) is 0 Å². The van der Waals surface area contributed by atoms with E-state index >= 15 is 0 Å². The second-order valence-electron chi connectivity index (χ2n) is 16.3. The summed E-state index contributed by atoms with van der Waals surface area (Å²) in [6.07, 6.45) is 2.41. The molecule has 0 saturated heterocycles. The number of aromatic carboxylic acids is 1. The Bertz CT molecular complexity index is 2270. The number of hydrogen-bond acceptors (Lipinski definition) is 11. The fourth-order valence-electron chi connectivity index (χ4n) is 6.02. The topological polar surface area (TPSA) is 179 Å². The number of aromatic nitrogens is 4. The van der Waals surface area contributed by atoms with E-state index in [2.05, 4.69) is 61.5 Å². The quantitative estimate of drug-likeness (QED) is 0.0936. The average molecular weight is 773 g/mol. The van der Waals surface area contributed by atoms with E-state index in [4.69, 9.17) is 23.9 Å². The molecule has 1 atom stereocenters. The summed E-state index contributed by atoms with van der Waals surface area (Å²) in [6.45, 7) is 21.3. The van der Waals surface area contributed by atoms with Crippen molar-refractivity contribution in [2.24, 2.45) is 5.41 Å². The predicted molar refractivity (Wildman–Crippen MR) is 212 cm³/mol. The van der Waals surface area contributed by atoms with Crippen molar-refractivity contribution >= 4 is 33.2 Å². The van der Waals surface area contributed by atoms with Gasteiger partial charge in [0.15, 0.2) is 0 Å². The fourth-order valence-corrected chi connectivity index (χ4v) is 7.01. The van der Waals surface area contributed by atoms with E-state index in [-0.39, 0.29) is 51.9 Å². The van der Waals surface area contributed by atoms with Gasteiger partial charge in [-0.15, -0.1) is 0 Å². The van der Waals surface area contributed by atoms with Crippen LogP contribution in [0.15, 0.2) is 64.0 Å². The Kier molecular flexibility index (Phi) is 12.3. The van der Waals surface area contributed by atoms with Gasteiger partial charge in [0, 0.05) is 35.2 Å². The molecular formula is C41H52N6O7S. The molecule has 5 rings (SSSR count). The highest BCUT2D eigenvalue weighted by Gasteiger charge is 2.26. The molecule has 1 unspecified atom stereocenters. The summed E-state index contributed by atoms with van der Waals surface area (Å²) < 4.78 is 48.2. The number of benzene rings is 2. The maximum absolute atomic E-state index is 13.6. The third-order valence-electron chi connectivity index (χ3n) is 8.77. The van der Waals surface area contributed by atoms with Gasteiger partial charge in [0.2, 0.25) is 17.5 Å². The molecular weight excluding hydrogens is 721 g/mol. The van der Waals surface area contributed by atoms with Gasteiger partial charge in [-0.1, -0.05) is 65.8 Å². The van der Waals surface area contributed by atoms with Crippen molar-refractivity contribution in [3.05, 3.63) is 88.4 Å². The Morgan fingerprint density at radius 2 is 1.71 bits per heavy atom. The van der Waals surface area contributed by atoms with Crippen molar-refractivity contribution in [1.82, 2.24) is 25.3 Å². The number of carbonyl (C=O) groups is 1. The molecule has 0 saturated carbocycles. The second-order valence-corrected chi connectivity index (χ2v) is 18.0. The van der Waals surface area contributed by atoms with E-state index in [1.165, 1.54) is 18.2 Å². The Balaban J connectivity index is 1.50. The maximum atomic E-state index is 13.6. The summed E-state index contributed by atoms with van der Waals surface area (Å²) in [5.74, 6) is -0.476. The van der Waals surface area contributed by atoms with E-state index in [1.807, 2.05) is 52.0 Å². The number of rotatable bonds is 15. The van der Waals surface area contributed by atoms with Gasteiger partial charge in [0.25, 0.3) is 10.0 Å². The van der Waals surface area contributed by atoms with Gasteiger partial charge in [-0.3, -0.25) is 0 Å². The summed E-state index contributed by atoms with van der Waals surface area (Å²) in [5.41, 5.74) is 5.12. The van der Waals surface area contributed by atoms with Crippen molar-refractivity contribution in [3.63, 3.8) is 0 Å². The number of furan rings is 1. The zero-order valence-electron chi connectivity index (χ0n) is 33.3. The zero-order valence-corrected chi connectivity index (χ0v) is 34.1. The molecule has 0 bridgehead atoms. The highest BCUT2D eigenvalue weighted by Crippen LogP contribution is 2.35. The number of nitrogens with zero attached hydrogens (tertiary/aromatic N) is 4. The second kappa shape index (κ2) is 16.4. The van der Waals surface area contributed by atoms with Gasteiger partial charge in [-0.2, -0.15) is 4.98 Å². The van der Waals surface area contributed by atoms with Crippen molar-refractivity contribution in [2.75, 3.05) is 11.3 Å². The van der Waals surface area contributed by atoms with Gasteiger partial charge in [0.1, 0.15) is 17.9 Å². The summed E-state index contributed by atoms with van der Waals surface area (Å²) in [4.78, 5) is 30.0. The Morgan fingerprint density at radius 3 is 2.38 bits per heavy atom. The van der Waals surface area contributed by atoms with E-state index in [9.17, 15) is 18.3 Å². The number of carboxylic acids is 1. The summed E-state index contributed by atoms with van der Waals surface area (Å²) in [5, 5.41) is 13.1. The molecule has 0 aliphatic rings. The average Bonchev–Trinajstić information content (AvgIpc) is 3.54. The van der Waals surface area contributed by atoms with Crippen LogP contribution in [0.4, 0.5) is 5.95 Å². The first-order valence-corrected chi connectivity index (χ1v) is 19.8. The summed E-state index contributed by atoms with van der Waals surface area (Å²) in [7, 11) is -4.31. The van der Waals surface area contributed by atoms with Crippen LogP contribution in [-0.4, -0.2) is 58.2 Å². The number of carboxylic acid groups (broad SMARTS) is 1. The first-order valence-electron chi connectivity index (χ1n) is 18.3. The van der Waals surface area contributed by atoms with Crippen LogP contribution in [0.3, 0.4) is 0 Å². The lowest BCUT2D eigenvalue weighted by atomic mass is 9.88. The smallest absolute Gasteiger partial charge is 0.335 e.